The highest BCUT2D eigenvalue weighted by Gasteiger charge is 2.35. The van der Waals surface area contributed by atoms with E-state index in [1.165, 1.54) is 12.1 Å². The molecule has 0 fully saturated rings. The Labute approximate surface area is 154 Å². The summed E-state index contributed by atoms with van der Waals surface area (Å²) >= 11 is 0. The minimum atomic E-state index is -3.92. The van der Waals surface area contributed by atoms with Crippen molar-refractivity contribution >= 4 is 15.7 Å². The van der Waals surface area contributed by atoms with Crippen LogP contribution in [-0.2, 0) is 14.8 Å². The molecule has 2 aliphatic heterocycles. The van der Waals surface area contributed by atoms with E-state index in [4.69, 9.17) is 19.9 Å². The van der Waals surface area contributed by atoms with Crippen LogP contribution < -0.4 is 20.0 Å². The molecule has 2 aliphatic rings. The van der Waals surface area contributed by atoms with E-state index in [1.54, 1.807) is 36.4 Å². The number of nitrogens with zero attached hydrogens (tertiary/aromatic N) is 1. The number of hydrogen-bond acceptors (Lipinski definition) is 8. The van der Waals surface area contributed by atoms with Gasteiger partial charge >= 0.3 is 0 Å². The van der Waals surface area contributed by atoms with Crippen LogP contribution in [0.1, 0.15) is 11.7 Å². The number of hydrazone groups is 1. The highest BCUT2D eigenvalue weighted by Crippen LogP contribution is 2.38. The fourth-order valence-corrected chi connectivity index (χ4v) is 3.50. The lowest BCUT2D eigenvalue weighted by Crippen LogP contribution is -2.22. The molecule has 4 rings (SSSR count). The third kappa shape index (κ3) is 3.10. The van der Waals surface area contributed by atoms with Crippen molar-refractivity contribution in [3.05, 3.63) is 65.7 Å². The fourth-order valence-electron chi connectivity index (χ4n) is 2.66. The molecule has 140 valence electrons. The first-order valence-electron chi connectivity index (χ1n) is 7.85. The number of aliphatic hydroxyl groups is 1. The van der Waals surface area contributed by atoms with Gasteiger partial charge in [-0.1, -0.05) is 24.3 Å². The lowest BCUT2D eigenvalue weighted by molar-refractivity contribution is 0.172. The summed E-state index contributed by atoms with van der Waals surface area (Å²) in [7, 11) is -3.92. The summed E-state index contributed by atoms with van der Waals surface area (Å²) in [6.45, 7) is 0.105. The zero-order chi connectivity index (χ0) is 19.0. The topological polar surface area (TPSA) is 132 Å². The molecular formula is C17H15N3O6S. The van der Waals surface area contributed by atoms with Crippen molar-refractivity contribution in [1.82, 2.24) is 4.83 Å². The minimum absolute atomic E-state index is 0.0318. The number of sulfonamides is 1. The summed E-state index contributed by atoms with van der Waals surface area (Å²) in [6.07, 6.45) is -0.905. The number of benzene rings is 2. The molecule has 2 heterocycles. The van der Waals surface area contributed by atoms with E-state index in [-0.39, 0.29) is 23.3 Å². The van der Waals surface area contributed by atoms with Crippen LogP contribution in [0.3, 0.4) is 0 Å². The van der Waals surface area contributed by atoms with Gasteiger partial charge in [0.2, 0.25) is 18.4 Å². The highest BCUT2D eigenvalue weighted by molar-refractivity contribution is 7.89. The number of hydrogen-bond donors (Lipinski definition) is 3. The van der Waals surface area contributed by atoms with E-state index in [9.17, 15) is 13.5 Å². The van der Waals surface area contributed by atoms with Gasteiger partial charge in [0.25, 0.3) is 10.0 Å². The Kier molecular flexibility index (Phi) is 4.04. The summed E-state index contributed by atoms with van der Waals surface area (Å²) in [5.41, 5.74) is 6.15. The monoisotopic (exact) mass is 389 g/mol. The second kappa shape index (κ2) is 6.40. The highest BCUT2D eigenvalue weighted by atomic mass is 32.2. The third-order valence-electron chi connectivity index (χ3n) is 4.01. The van der Waals surface area contributed by atoms with Gasteiger partial charge in [-0.3, -0.25) is 0 Å². The van der Waals surface area contributed by atoms with Crippen molar-refractivity contribution in [1.29, 1.82) is 0 Å². The van der Waals surface area contributed by atoms with E-state index in [0.29, 0.717) is 17.1 Å². The van der Waals surface area contributed by atoms with Gasteiger partial charge in [-0.2, -0.15) is 18.4 Å². The molecule has 9 nitrogen and oxygen atoms in total. The standard InChI is InChI=1S/C17H15N3O6S/c18-17-15(21)14(19-20-27(22,23)11-4-2-1-3-5-11)16(26-17)10-6-7-12-13(8-10)25-9-24-12/h1-8,16,20-21H,9,18H2. The van der Waals surface area contributed by atoms with E-state index in [0.717, 1.165) is 0 Å². The molecule has 0 spiro atoms. The Hall–Kier alpha value is -3.40. The molecule has 0 saturated carbocycles. The molecule has 0 aromatic heterocycles. The Morgan fingerprint density at radius 3 is 2.63 bits per heavy atom. The van der Waals surface area contributed by atoms with Crippen molar-refractivity contribution < 1.29 is 27.7 Å². The number of fused-ring (bicyclic) bond motifs is 1. The second-order valence-electron chi connectivity index (χ2n) is 5.73. The average molecular weight is 389 g/mol. The van der Waals surface area contributed by atoms with Crippen molar-refractivity contribution in [2.75, 3.05) is 6.79 Å². The number of aliphatic hydroxyl groups excluding tert-OH is 1. The van der Waals surface area contributed by atoms with Crippen molar-refractivity contribution in [3.8, 4) is 11.5 Å². The second-order valence-corrected chi connectivity index (χ2v) is 7.39. The number of nitrogens with two attached hydrogens (primary N) is 1. The largest absolute Gasteiger partial charge is 0.502 e. The molecule has 0 bridgehead atoms. The van der Waals surface area contributed by atoms with E-state index < -0.39 is 21.9 Å². The summed E-state index contributed by atoms with van der Waals surface area (Å²) < 4.78 is 40.7. The molecule has 2 aromatic carbocycles. The van der Waals surface area contributed by atoms with Gasteiger partial charge in [0.1, 0.15) is 0 Å². The number of rotatable bonds is 4. The molecule has 0 aliphatic carbocycles. The van der Waals surface area contributed by atoms with Gasteiger partial charge in [0, 0.05) is 5.56 Å². The zero-order valence-electron chi connectivity index (χ0n) is 13.8. The first kappa shape index (κ1) is 17.0. The van der Waals surface area contributed by atoms with Crippen LogP contribution in [-0.4, -0.2) is 26.0 Å². The molecule has 1 atom stereocenters. The Morgan fingerprint density at radius 1 is 1.11 bits per heavy atom. The molecule has 10 heteroatoms. The molecule has 0 saturated heterocycles. The minimum Gasteiger partial charge on any atom is -0.502 e. The summed E-state index contributed by atoms with van der Waals surface area (Å²) in [4.78, 5) is 2.13. The molecule has 2 aromatic rings. The smallest absolute Gasteiger partial charge is 0.276 e. The molecule has 27 heavy (non-hydrogen) atoms. The lowest BCUT2D eigenvalue weighted by atomic mass is 10.0. The Bertz CT molecular complexity index is 1050. The predicted molar refractivity (Wildman–Crippen MR) is 94.4 cm³/mol. The average Bonchev–Trinajstić information content (AvgIpc) is 3.25. The quantitative estimate of drug-likeness (QED) is 0.675. The summed E-state index contributed by atoms with van der Waals surface area (Å²) in [6, 6.07) is 12.7. The van der Waals surface area contributed by atoms with Gasteiger partial charge in [-0.15, -0.1) is 0 Å². The summed E-state index contributed by atoms with van der Waals surface area (Å²) in [5, 5.41) is 14.0. The van der Waals surface area contributed by atoms with Crippen molar-refractivity contribution in [2.45, 2.75) is 11.0 Å². The first-order chi connectivity index (χ1) is 13.0. The molecule has 1 unspecified atom stereocenters. The summed E-state index contributed by atoms with van der Waals surface area (Å²) in [5.74, 6) is 0.388. The van der Waals surface area contributed by atoms with Crippen LogP contribution in [0.2, 0.25) is 0 Å². The third-order valence-corrected chi connectivity index (χ3v) is 5.23. The van der Waals surface area contributed by atoms with E-state index in [1.807, 2.05) is 0 Å². The van der Waals surface area contributed by atoms with Crippen LogP contribution in [0.5, 0.6) is 11.5 Å². The van der Waals surface area contributed by atoms with Crippen molar-refractivity contribution in [3.63, 3.8) is 0 Å². The van der Waals surface area contributed by atoms with Gasteiger partial charge in [0.15, 0.2) is 23.3 Å². The molecule has 4 N–H and O–H groups in total. The first-order valence-corrected chi connectivity index (χ1v) is 9.34. The predicted octanol–water partition coefficient (Wildman–Crippen LogP) is 1.51. The van der Waals surface area contributed by atoms with Crippen molar-refractivity contribution in [2.24, 2.45) is 10.8 Å². The van der Waals surface area contributed by atoms with Crippen LogP contribution >= 0.6 is 0 Å². The fraction of sp³-hybridized carbons (Fsp3) is 0.118. The number of ether oxygens (including phenoxy) is 3. The SMILES string of the molecule is NC1=C(O)C(=NNS(=O)(=O)c2ccccc2)C(c2ccc3c(c2)OCO3)O1. The van der Waals surface area contributed by atoms with Gasteiger partial charge in [-0.25, -0.2) is 0 Å². The van der Waals surface area contributed by atoms with Crippen LogP contribution in [0.4, 0.5) is 0 Å². The Morgan fingerprint density at radius 2 is 1.85 bits per heavy atom. The molecule has 0 amide bonds. The maximum atomic E-state index is 12.3. The van der Waals surface area contributed by atoms with Crippen LogP contribution in [0.15, 0.2) is 70.2 Å². The Balaban J connectivity index is 1.65. The van der Waals surface area contributed by atoms with E-state index >= 15 is 0 Å². The lowest BCUT2D eigenvalue weighted by Gasteiger charge is -2.13. The van der Waals surface area contributed by atoms with Gasteiger partial charge < -0.3 is 25.1 Å². The molecular weight excluding hydrogens is 374 g/mol. The van der Waals surface area contributed by atoms with Crippen LogP contribution in [0.25, 0.3) is 0 Å². The van der Waals surface area contributed by atoms with Gasteiger partial charge in [0.05, 0.1) is 4.90 Å². The normalized spacial score (nSPS) is 20.0. The molecule has 0 radical (unpaired) electrons. The van der Waals surface area contributed by atoms with Crippen LogP contribution in [0, 0.1) is 0 Å². The zero-order valence-corrected chi connectivity index (χ0v) is 14.6. The number of nitrogens with one attached hydrogen (secondary N) is 1. The van der Waals surface area contributed by atoms with E-state index in [2.05, 4.69) is 9.93 Å². The maximum Gasteiger partial charge on any atom is 0.276 e. The maximum absolute atomic E-state index is 12.3. The van der Waals surface area contributed by atoms with Gasteiger partial charge in [-0.05, 0) is 24.3 Å².